The van der Waals surface area contributed by atoms with Gasteiger partial charge >= 0.3 is 0 Å². The summed E-state index contributed by atoms with van der Waals surface area (Å²) >= 11 is 0. The molecule has 0 radical (unpaired) electrons. The molecule has 0 bridgehead atoms. The average Bonchev–Trinajstić information content (AvgIpc) is 2.75. The van der Waals surface area contributed by atoms with E-state index in [0.29, 0.717) is 12.6 Å². The zero-order valence-electron chi connectivity index (χ0n) is 10.8. The number of nitrogens with one attached hydrogen (secondary N) is 2. The molecule has 0 unspecified atom stereocenters. The Morgan fingerprint density at radius 2 is 2.11 bits per heavy atom. The van der Waals surface area contributed by atoms with Crippen molar-refractivity contribution >= 4 is 22.6 Å². The van der Waals surface area contributed by atoms with Gasteiger partial charge in [-0.25, -0.2) is 0 Å². The normalized spacial score (nSPS) is 11.4. The lowest BCUT2D eigenvalue weighted by Crippen LogP contribution is -2.34. The summed E-state index contributed by atoms with van der Waals surface area (Å²) in [6.45, 7) is 4.47. The number of nitrogens with zero attached hydrogens (tertiary/aromatic N) is 3. The lowest BCUT2D eigenvalue weighted by atomic mass is 10.2. The number of H-pyrrole nitrogens is 1. The van der Waals surface area contributed by atoms with Gasteiger partial charge in [-0.05, 0) is 39.1 Å². The fraction of sp³-hybridized carbons (Fsp3) is 0.417. The topological polar surface area (TPSA) is 73.9 Å². The summed E-state index contributed by atoms with van der Waals surface area (Å²) in [5, 5.41) is 13.3. The number of rotatable bonds is 4. The molecule has 0 atom stereocenters. The number of hydrogen-bond donors (Lipinski definition) is 2. The molecule has 0 spiro atoms. The smallest absolute Gasteiger partial charge is 0.238 e. The van der Waals surface area contributed by atoms with Crippen molar-refractivity contribution in [3.63, 3.8) is 0 Å². The molecule has 0 saturated carbocycles. The highest BCUT2D eigenvalue weighted by atomic mass is 16.2. The van der Waals surface area contributed by atoms with Crippen molar-refractivity contribution in [1.29, 1.82) is 0 Å². The molecule has 1 aromatic carbocycles. The second-order valence-electron chi connectivity index (χ2n) is 4.58. The number of likely N-dealkylation sites (N-methyl/N-ethyl adjacent to an activating group) is 1. The maximum absolute atomic E-state index is 11.8. The molecule has 0 aliphatic rings. The summed E-state index contributed by atoms with van der Waals surface area (Å²) in [4.78, 5) is 13.8. The van der Waals surface area contributed by atoms with Gasteiger partial charge in [0.15, 0.2) is 0 Å². The number of carbonyl (C=O) groups excluding carboxylic acids is 1. The van der Waals surface area contributed by atoms with Gasteiger partial charge < -0.3 is 5.32 Å². The van der Waals surface area contributed by atoms with E-state index in [2.05, 4.69) is 34.6 Å². The molecule has 6 heteroatoms. The molecule has 6 nitrogen and oxygen atoms in total. The number of benzene rings is 1. The Morgan fingerprint density at radius 1 is 1.39 bits per heavy atom. The van der Waals surface area contributed by atoms with E-state index in [1.54, 1.807) is 6.07 Å². The number of amides is 1. The van der Waals surface area contributed by atoms with Gasteiger partial charge in [-0.3, -0.25) is 9.69 Å². The van der Waals surface area contributed by atoms with Crippen LogP contribution in [0, 0.1) is 0 Å². The number of aromatic amines is 1. The zero-order chi connectivity index (χ0) is 13.1. The van der Waals surface area contributed by atoms with Crippen LogP contribution in [0.4, 0.5) is 5.69 Å². The van der Waals surface area contributed by atoms with Gasteiger partial charge in [-0.2, -0.15) is 15.4 Å². The lowest BCUT2D eigenvalue weighted by molar-refractivity contribution is -0.117. The lowest BCUT2D eigenvalue weighted by Gasteiger charge is -2.20. The molecule has 0 aliphatic carbocycles. The van der Waals surface area contributed by atoms with Gasteiger partial charge in [0.2, 0.25) is 5.91 Å². The van der Waals surface area contributed by atoms with E-state index in [4.69, 9.17) is 0 Å². The molecule has 1 aromatic heterocycles. The molecular weight excluding hydrogens is 230 g/mol. The van der Waals surface area contributed by atoms with Crippen molar-refractivity contribution in [3.05, 3.63) is 18.2 Å². The van der Waals surface area contributed by atoms with Crippen LogP contribution in [0.1, 0.15) is 13.8 Å². The van der Waals surface area contributed by atoms with Gasteiger partial charge in [0, 0.05) is 11.7 Å². The van der Waals surface area contributed by atoms with E-state index in [-0.39, 0.29) is 5.91 Å². The van der Waals surface area contributed by atoms with Crippen molar-refractivity contribution in [3.8, 4) is 0 Å². The van der Waals surface area contributed by atoms with E-state index in [9.17, 15) is 4.79 Å². The molecule has 2 aromatic rings. The summed E-state index contributed by atoms with van der Waals surface area (Å²) in [6, 6.07) is 5.78. The molecule has 1 heterocycles. The molecule has 96 valence electrons. The van der Waals surface area contributed by atoms with Gasteiger partial charge in [0.05, 0.1) is 6.54 Å². The average molecular weight is 247 g/mol. The third-order valence-corrected chi connectivity index (χ3v) is 2.87. The maximum Gasteiger partial charge on any atom is 0.238 e. The summed E-state index contributed by atoms with van der Waals surface area (Å²) in [7, 11) is 1.92. The minimum Gasteiger partial charge on any atom is -0.325 e. The number of fused-ring (bicyclic) bond motifs is 1. The molecule has 18 heavy (non-hydrogen) atoms. The second-order valence-corrected chi connectivity index (χ2v) is 4.58. The van der Waals surface area contributed by atoms with Crippen LogP contribution in [-0.4, -0.2) is 45.9 Å². The van der Waals surface area contributed by atoms with Crippen LogP contribution in [0.25, 0.3) is 11.0 Å². The monoisotopic (exact) mass is 247 g/mol. The highest BCUT2D eigenvalue weighted by Crippen LogP contribution is 2.14. The molecule has 0 saturated heterocycles. The number of carbonyl (C=O) groups is 1. The van der Waals surface area contributed by atoms with Crippen LogP contribution in [0.2, 0.25) is 0 Å². The first-order valence-electron chi connectivity index (χ1n) is 5.87. The Labute approximate surface area is 105 Å². The van der Waals surface area contributed by atoms with Crippen LogP contribution in [0.5, 0.6) is 0 Å². The molecule has 2 rings (SSSR count). The van der Waals surface area contributed by atoms with E-state index < -0.39 is 0 Å². The quantitative estimate of drug-likeness (QED) is 0.852. The van der Waals surface area contributed by atoms with Gasteiger partial charge in [-0.1, -0.05) is 0 Å². The van der Waals surface area contributed by atoms with Crippen molar-refractivity contribution in [2.24, 2.45) is 0 Å². The minimum atomic E-state index is -0.0333. The van der Waals surface area contributed by atoms with Crippen LogP contribution in [0.3, 0.4) is 0 Å². The Bertz CT molecular complexity index is 548. The van der Waals surface area contributed by atoms with Gasteiger partial charge in [0.25, 0.3) is 0 Å². The van der Waals surface area contributed by atoms with Crippen LogP contribution < -0.4 is 5.32 Å². The molecule has 0 aliphatic heterocycles. The Hall–Kier alpha value is -1.95. The van der Waals surface area contributed by atoms with Gasteiger partial charge in [-0.15, -0.1) is 0 Å². The Balaban J connectivity index is 2.02. The van der Waals surface area contributed by atoms with E-state index in [1.165, 1.54) is 0 Å². The maximum atomic E-state index is 11.8. The number of anilines is 1. The number of hydrogen-bond acceptors (Lipinski definition) is 4. The summed E-state index contributed by atoms with van der Waals surface area (Å²) in [6.07, 6.45) is 0. The first-order valence-corrected chi connectivity index (χ1v) is 5.87. The van der Waals surface area contributed by atoms with Crippen molar-refractivity contribution < 1.29 is 4.79 Å². The van der Waals surface area contributed by atoms with E-state index >= 15 is 0 Å². The predicted molar refractivity (Wildman–Crippen MR) is 70.3 cm³/mol. The summed E-state index contributed by atoms with van der Waals surface area (Å²) in [5.74, 6) is -0.0333. The van der Waals surface area contributed by atoms with Crippen molar-refractivity contribution in [2.75, 3.05) is 18.9 Å². The van der Waals surface area contributed by atoms with Crippen LogP contribution in [0.15, 0.2) is 18.2 Å². The van der Waals surface area contributed by atoms with Crippen LogP contribution >= 0.6 is 0 Å². The highest BCUT2D eigenvalue weighted by molar-refractivity contribution is 5.94. The zero-order valence-corrected chi connectivity index (χ0v) is 10.8. The fourth-order valence-corrected chi connectivity index (χ4v) is 1.53. The largest absolute Gasteiger partial charge is 0.325 e. The van der Waals surface area contributed by atoms with E-state index in [1.807, 2.05) is 24.1 Å². The summed E-state index contributed by atoms with van der Waals surface area (Å²) < 4.78 is 0. The number of aromatic nitrogens is 3. The molecule has 2 N–H and O–H groups in total. The Morgan fingerprint density at radius 3 is 2.83 bits per heavy atom. The van der Waals surface area contributed by atoms with Crippen LogP contribution in [-0.2, 0) is 4.79 Å². The highest BCUT2D eigenvalue weighted by Gasteiger charge is 2.10. The predicted octanol–water partition coefficient (Wildman–Crippen LogP) is 1.24. The first-order chi connectivity index (χ1) is 8.56. The molecule has 1 amide bonds. The standard InChI is InChI=1S/C12H17N5O/c1-8(2)17(3)7-12(18)13-9-4-5-10-11(6-9)15-16-14-10/h4-6,8H,7H2,1-3H3,(H,13,18)(H,14,15,16). The van der Waals surface area contributed by atoms with Crippen molar-refractivity contribution in [1.82, 2.24) is 20.3 Å². The van der Waals surface area contributed by atoms with Gasteiger partial charge in [0.1, 0.15) is 11.0 Å². The summed E-state index contributed by atoms with van der Waals surface area (Å²) in [5.41, 5.74) is 2.26. The first kappa shape index (κ1) is 12.5. The molecule has 0 fully saturated rings. The second kappa shape index (κ2) is 5.14. The fourth-order valence-electron chi connectivity index (χ4n) is 1.53. The molecular formula is C12H17N5O. The third-order valence-electron chi connectivity index (χ3n) is 2.87. The van der Waals surface area contributed by atoms with E-state index in [0.717, 1.165) is 16.7 Å². The minimum absolute atomic E-state index is 0.0333. The third kappa shape index (κ3) is 2.84. The SMILES string of the molecule is CC(C)N(C)CC(=O)Nc1ccc2n[nH]nc2c1. The Kier molecular flexibility index (Phi) is 3.57. The van der Waals surface area contributed by atoms with Crippen molar-refractivity contribution in [2.45, 2.75) is 19.9 Å².